The van der Waals surface area contributed by atoms with Crippen molar-refractivity contribution in [1.29, 1.82) is 0 Å². The fourth-order valence-electron chi connectivity index (χ4n) is 3.01. The number of carbonyl (C=O) groups excluding carboxylic acids is 2. The first-order chi connectivity index (χ1) is 15.3. The molecule has 0 aliphatic carbocycles. The number of nitrogens with one attached hydrogen (secondary N) is 1. The normalized spacial score (nSPS) is 12.0. The number of nitrogens with two attached hydrogens (primary N) is 1. The Morgan fingerprint density at radius 1 is 1.00 bits per heavy atom. The summed E-state index contributed by atoms with van der Waals surface area (Å²) in [4.78, 5) is 26.6. The fraction of sp³-hybridized carbons (Fsp3) is 0.200. The summed E-state index contributed by atoms with van der Waals surface area (Å²) in [7, 11) is 0. The van der Waals surface area contributed by atoms with Gasteiger partial charge in [0.25, 0.3) is 11.7 Å². The van der Waals surface area contributed by atoms with Gasteiger partial charge in [-0.3, -0.25) is 9.59 Å². The second-order valence-corrected chi connectivity index (χ2v) is 6.93. The third-order valence-electron chi connectivity index (χ3n) is 4.49. The number of halogens is 6. The highest BCUT2D eigenvalue weighted by Gasteiger charge is 2.44. The number of hydrogen-bond donors (Lipinski definition) is 2. The van der Waals surface area contributed by atoms with E-state index in [2.05, 4.69) is 15.4 Å². The smallest absolute Gasteiger partial charge is 0.366 e. The van der Waals surface area contributed by atoms with Gasteiger partial charge in [0.1, 0.15) is 0 Å². The van der Waals surface area contributed by atoms with E-state index in [0.717, 1.165) is 0 Å². The van der Waals surface area contributed by atoms with Crippen LogP contribution in [0.1, 0.15) is 43.5 Å². The third-order valence-corrected chi connectivity index (χ3v) is 4.49. The molecule has 0 atom stereocenters. The van der Waals surface area contributed by atoms with Crippen LogP contribution in [0.25, 0.3) is 0 Å². The highest BCUT2D eigenvalue weighted by atomic mass is 19.4. The zero-order valence-electron chi connectivity index (χ0n) is 16.8. The number of anilines is 1. The van der Waals surface area contributed by atoms with Crippen LogP contribution in [0.15, 0.2) is 42.5 Å². The van der Waals surface area contributed by atoms with E-state index < -0.39 is 42.4 Å². The lowest BCUT2D eigenvalue weighted by Crippen LogP contribution is -2.20. The molecule has 174 valence electrons. The number of nitrogens with zero attached hydrogens (tertiary/aromatic N) is 3. The van der Waals surface area contributed by atoms with Gasteiger partial charge in [0.15, 0.2) is 0 Å². The molecule has 0 spiro atoms. The van der Waals surface area contributed by atoms with E-state index in [4.69, 9.17) is 5.73 Å². The molecule has 3 N–H and O–H groups in total. The number of alkyl halides is 6. The van der Waals surface area contributed by atoms with Crippen molar-refractivity contribution in [3.05, 3.63) is 76.4 Å². The van der Waals surface area contributed by atoms with Crippen molar-refractivity contribution >= 4 is 17.5 Å². The van der Waals surface area contributed by atoms with Crippen LogP contribution >= 0.6 is 0 Å². The first-order valence-corrected chi connectivity index (χ1v) is 9.16. The van der Waals surface area contributed by atoms with E-state index in [9.17, 15) is 35.9 Å². The van der Waals surface area contributed by atoms with E-state index in [1.54, 1.807) is 0 Å². The quantitative estimate of drug-likeness (QED) is 0.549. The Kier molecular flexibility index (Phi) is 6.16. The molecule has 0 aliphatic rings. The van der Waals surface area contributed by atoms with Crippen molar-refractivity contribution in [1.82, 2.24) is 14.8 Å². The summed E-state index contributed by atoms with van der Waals surface area (Å²) >= 11 is 0. The molecule has 0 saturated carbocycles. The molecule has 13 heteroatoms. The van der Waals surface area contributed by atoms with Gasteiger partial charge >= 0.3 is 12.4 Å². The molecule has 2 amide bonds. The minimum absolute atomic E-state index is 0.00407. The first-order valence-electron chi connectivity index (χ1n) is 9.16. The molecule has 1 aromatic heterocycles. The van der Waals surface area contributed by atoms with Crippen molar-refractivity contribution in [3.8, 4) is 0 Å². The zero-order valence-corrected chi connectivity index (χ0v) is 16.8. The summed E-state index contributed by atoms with van der Waals surface area (Å²) in [5.41, 5.74) is 6.14. The summed E-state index contributed by atoms with van der Waals surface area (Å²) in [6, 6.07) is 9.88. The molecule has 0 bridgehead atoms. The highest BCUT2D eigenvalue weighted by molar-refractivity contribution is 6.12. The molecule has 1 heterocycles. The van der Waals surface area contributed by atoms with Gasteiger partial charge in [-0.05, 0) is 36.2 Å². The number of primary amides is 1. The number of hydrogen-bond acceptors (Lipinski definition) is 4. The van der Waals surface area contributed by atoms with Crippen LogP contribution in [0.3, 0.4) is 0 Å². The third kappa shape index (κ3) is 5.30. The maximum absolute atomic E-state index is 13.1. The number of carbonyl (C=O) groups is 2. The molecule has 2 aromatic carbocycles. The van der Waals surface area contributed by atoms with Gasteiger partial charge in [-0.25, -0.2) is 4.68 Å². The van der Waals surface area contributed by atoms with Crippen molar-refractivity contribution in [2.24, 2.45) is 5.73 Å². The van der Waals surface area contributed by atoms with Gasteiger partial charge in [-0.2, -0.15) is 31.3 Å². The van der Waals surface area contributed by atoms with E-state index in [0.29, 0.717) is 5.56 Å². The lowest BCUT2D eigenvalue weighted by molar-refractivity contribution is -0.150. The van der Waals surface area contributed by atoms with Crippen molar-refractivity contribution < 1.29 is 35.9 Å². The second-order valence-electron chi connectivity index (χ2n) is 6.93. The number of benzene rings is 2. The molecule has 0 aliphatic heterocycles. The largest absolute Gasteiger partial charge is 0.453 e. The Morgan fingerprint density at radius 3 is 2.18 bits per heavy atom. The lowest BCUT2D eigenvalue weighted by Gasteiger charge is -2.13. The average molecular weight is 471 g/mol. The fourth-order valence-corrected chi connectivity index (χ4v) is 3.01. The molecule has 0 fully saturated rings. The predicted octanol–water partition coefficient (Wildman–Crippen LogP) is 4.02. The highest BCUT2D eigenvalue weighted by Crippen LogP contribution is 2.33. The molecule has 33 heavy (non-hydrogen) atoms. The van der Waals surface area contributed by atoms with Crippen LogP contribution in [0, 0.1) is 6.92 Å². The minimum Gasteiger partial charge on any atom is -0.366 e. The molecular formula is C20H15F6N5O2. The molecule has 0 saturated heterocycles. The topological polar surface area (TPSA) is 103 Å². The summed E-state index contributed by atoms with van der Waals surface area (Å²) in [5.74, 6) is -5.14. The van der Waals surface area contributed by atoms with Gasteiger partial charge < -0.3 is 11.1 Å². The van der Waals surface area contributed by atoms with Gasteiger partial charge in [0.05, 0.1) is 17.7 Å². The van der Waals surface area contributed by atoms with Crippen molar-refractivity contribution in [3.63, 3.8) is 0 Å². The standard InChI is InChI=1S/C20H15F6N5O2/c1-10-8-11(9-31-18(20(24,25)26)29-17(30-31)19(21,22)23)6-7-14(10)28-16(33)13-5-3-2-4-12(13)15(27)32/h2-8H,9H2,1H3,(H2,27,32)(H,28,33). The van der Waals surface area contributed by atoms with Crippen LogP contribution in [-0.2, 0) is 18.9 Å². The predicted molar refractivity (Wildman–Crippen MR) is 103 cm³/mol. The van der Waals surface area contributed by atoms with Gasteiger partial charge in [-0.15, -0.1) is 5.10 Å². The van der Waals surface area contributed by atoms with Gasteiger partial charge in [-0.1, -0.05) is 24.3 Å². The van der Waals surface area contributed by atoms with Crippen LogP contribution in [0.2, 0.25) is 0 Å². The maximum atomic E-state index is 13.1. The monoisotopic (exact) mass is 471 g/mol. The second kappa shape index (κ2) is 8.56. The minimum atomic E-state index is -5.15. The van der Waals surface area contributed by atoms with E-state index in [-0.39, 0.29) is 27.1 Å². The lowest BCUT2D eigenvalue weighted by atomic mass is 10.1. The number of aryl methyl sites for hydroxylation is 1. The van der Waals surface area contributed by atoms with Crippen LogP contribution in [0.4, 0.5) is 32.0 Å². The Morgan fingerprint density at radius 2 is 1.64 bits per heavy atom. The SMILES string of the molecule is Cc1cc(Cn2nc(C(F)(F)F)nc2C(F)(F)F)ccc1NC(=O)c1ccccc1C(N)=O. The Labute approximate surface area is 182 Å². The van der Waals surface area contributed by atoms with E-state index in [1.807, 2.05) is 0 Å². The number of rotatable bonds is 5. The molecule has 0 unspecified atom stereocenters. The van der Waals surface area contributed by atoms with Crippen molar-refractivity contribution in [2.45, 2.75) is 25.8 Å². The zero-order chi connectivity index (χ0) is 24.6. The first kappa shape index (κ1) is 23.8. The van der Waals surface area contributed by atoms with E-state index >= 15 is 0 Å². The Bertz CT molecular complexity index is 1220. The molecule has 3 aromatic rings. The number of aromatic nitrogens is 3. The molecule has 0 radical (unpaired) electrons. The molecule has 7 nitrogen and oxygen atoms in total. The van der Waals surface area contributed by atoms with Crippen LogP contribution in [-0.4, -0.2) is 26.6 Å². The summed E-state index contributed by atoms with van der Waals surface area (Å²) in [5, 5.41) is 5.52. The van der Waals surface area contributed by atoms with E-state index in [1.165, 1.54) is 49.4 Å². The van der Waals surface area contributed by atoms with Gasteiger partial charge in [0.2, 0.25) is 11.7 Å². The molecule has 3 rings (SSSR count). The van der Waals surface area contributed by atoms with Gasteiger partial charge in [0, 0.05) is 5.69 Å². The summed E-state index contributed by atoms with van der Waals surface area (Å²) in [6.07, 6.45) is -10.3. The van der Waals surface area contributed by atoms with Crippen molar-refractivity contribution in [2.75, 3.05) is 5.32 Å². The average Bonchev–Trinajstić information content (AvgIpc) is 3.15. The summed E-state index contributed by atoms with van der Waals surface area (Å²) < 4.78 is 77.9. The Balaban J connectivity index is 1.86. The Hall–Kier alpha value is -3.90. The molecular weight excluding hydrogens is 456 g/mol. The summed E-state index contributed by atoms with van der Waals surface area (Å²) in [6.45, 7) is 0.893. The maximum Gasteiger partial charge on any atom is 0.453 e. The number of amides is 2. The van der Waals surface area contributed by atoms with Crippen LogP contribution in [0.5, 0.6) is 0 Å². The van der Waals surface area contributed by atoms with Crippen LogP contribution < -0.4 is 11.1 Å².